The molecule has 0 aliphatic carbocycles. The van der Waals surface area contributed by atoms with Gasteiger partial charge in [-0.1, -0.05) is 0 Å². The van der Waals surface area contributed by atoms with Gasteiger partial charge >= 0.3 is 0 Å². The lowest BCUT2D eigenvalue weighted by molar-refractivity contribution is -0.125. The van der Waals surface area contributed by atoms with Crippen molar-refractivity contribution in [1.29, 1.82) is 0 Å². The SMILES string of the molecule is CNCC1CN(c2ccc(N3CCOCC3=O)cc2)CO1. The predicted octanol–water partition coefficient (Wildman–Crippen LogP) is 0.432. The zero-order valence-corrected chi connectivity index (χ0v) is 12.2. The second-order valence-corrected chi connectivity index (χ2v) is 5.31. The quantitative estimate of drug-likeness (QED) is 0.872. The van der Waals surface area contributed by atoms with Crippen LogP contribution in [0, 0.1) is 0 Å². The van der Waals surface area contributed by atoms with E-state index in [-0.39, 0.29) is 18.6 Å². The standard InChI is InChI=1S/C15H21N3O3/c1-16-8-14-9-17(11-21-14)12-2-4-13(5-3-12)18-6-7-20-10-15(18)19/h2-5,14,16H,6-11H2,1H3. The Labute approximate surface area is 124 Å². The van der Waals surface area contributed by atoms with E-state index in [1.165, 1.54) is 0 Å². The van der Waals surface area contributed by atoms with Crippen molar-refractivity contribution in [2.75, 3.05) is 56.4 Å². The monoisotopic (exact) mass is 291 g/mol. The molecule has 6 heteroatoms. The van der Waals surface area contributed by atoms with Crippen LogP contribution in [0.1, 0.15) is 0 Å². The fourth-order valence-corrected chi connectivity index (χ4v) is 2.71. The average Bonchev–Trinajstić information content (AvgIpc) is 2.97. The number of rotatable bonds is 4. The number of likely N-dealkylation sites (N-methyl/N-ethyl adjacent to an activating group) is 1. The first-order valence-electron chi connectivity index (χ1n) is 7.27. The molecule has 0 aromatic heterocycles. The molecular formula is C15H21N3O3. The highest BCUT2D eigenvalue weighted by Crippen LogP contribution is 2.24. The first-order valence-corrected chi connectivity index (χ1v) is 7.27. The maximum absolute atomic E-state index is 11.8. The summed E-state index contributed by atoms with van der Waals surface area (Å²) in [6.45, 7) is 3.75. The summed E-state index contributed by atoms with van der Waals surface area (Å²) in [5, 5.41) is 3.13. The summed E-state index contributed by atoms with van der Waals surface area (Å²) in [5.74, 6) is 0.0209. The lowest BCUT2D eigenvalue weighted by atomic mass is 10.2. The summed E-state index contributed by atoms with van der Waals surface area (Å²) in [6.07, 6.45) is 0.232. The predicted molar refractivity (Wildman–Crippen MR) is 80.6 cm³/mol. The van der Waals surface area contributed by atoms with Gasteiger partial charge in [0.1, 0.15) is 13.3 Å². The molecule has 1 N–H and O–H groups in total. The van der Waals surface area contributed by atoms with Crippen molar-refractivity contribution in [3.05, 3.63) is 24.3 Å². The van der Waals surface area contributed by atoms with Gasteiger partial charge in [-0.3, -0.25) is 4.79 Å². The van der Waals surface area contributed by atoms with Gasteiger partial charge in [0.25, 0.3) is 5.91 Å². The Kier molecular flexibility index (Phi) is 4.38. The van der Waals surface area contributed by atoms with E-state index < -0.39 is 0 Å². The second-order valence-electron chi connectivity index (χ2n) is 5.31. The number of benzene rings is 1. The number of amides is 1. The van der Waals surface area contributed by atoms with Gasteiger partial charge in [0.2, 0.25) is 0 Å². The third-order valence-electron chi connectivity index (χ3n) is 3.83. The number of carbonyl (C=O) groups is 1. The summed E-state index contributed by atoms with van der Waals surface area (Å²) in [4.78, 5) is 15.8. The van der Waals surface area contributed by atoms with Crippen LogP contribution in [0.25, 0.3) is 0 Å². The number of nitrogens with zero attached hydrogens (tertiary/aromatic N) is 2. The van der Waals surface area contributed by atoms with Crippen molar-refractivity contribution in [3.63, 3.8) is 0 Å². The number of ether oxygens (including phenoxy) is 2. The Balaban J connectivity index is 1.65. The first kappa shape index (κ1) is 14.3. The molecule has 1 amide bonds. The number of hydrogen-bond donors (Lipinski definition) is 1. The lowest BCUT2D eigenvalue weighted by Crippen LogP contribution is -2.41. The minimum atomic E-state index is 0.0209. The van der Waals surface area contributed by atoms with Crippen molar-refractivity contribution >= 4 is 17.3 Å². The summed E-state index contributed by atoms with van der Waals surface area (Å²) < 4.78 is 10.9. The highest BCUT2D eigenvalue weighted by molar-refractivity contribution is 5.95. The largest absolute Gasteiger partial charge is 0.370 e. The van der Waals surface area contributed by atoms with Crippen molar-refractivity contribution in [1.82, 2.24) is 5.32 Å². The number of nitrogens with one attached hydrogen (secondary N) is 1. The normalized spacial score (nSPS) is 22.9. The topological polar surface area (TPSA) is 54.0 Å². The molecule has 3 rings (SSSR count). The minimum Gasteiger partial charge on any atom is -0.370 e. The van der Waals surface area contributed by atoms with E-state index in [1.807, 2.05) is 31.3 Å². The van der Waals surface area contributed by atoms with E-state index in [0.717, 1.165) is 24.5 Å². The van der Waals surface area contributed by atoms with Crippen molar-refractivity contribution in [2.45, 2.75) is 6.10 Å². The highest BCUT2D eigenvalue weighted by Gasteiger charge is 2.23. The third-order valence-corrected chi connectivity index (χ3v) is 3.83. The van der Waals surface area contributed by atoms with Crippen molar-refractivity contribution in [2.24, 2.45) is 0 Å². The second kappa shape index (κ2) is 6.43. The van der Waals surface area contributed by atoms with Gasteiger partial charge in [-0.15, -0.1) is 0 Å². The molecule has 2 aliphatic rings. The molecule has 1 aromatic rings. The number of morpholine rings is 1. The van der Waals surface area contributed by atoms with Gasteiger partial charge in [-0.2, -0.15) is 0 Å². The van der Waals surface area contributed by atoms with Crippen LogP contribution < -0.4 is 15.1 Å². The van der Waals surface area contributed by atoms with Crippen LogP contribution >= 0.6 is 0 Å². The Hall–Kier alpha value is -1.63. The first-order chi connectivity index (χ1) is 10.3. The van der Waals surface area contributed by atoms with Crippen LogP contribution in [0.3, 0.4) is 0 Å². The lowest BCUT2D eigenvalue weighted by Gasteiger charge is -2.27. The molecule has 2 saturated heterocycles. The van der Waals surface area contributed by atoms with Crippen LogP contribution in [-0.2, 0) is 14.3 Å². The molecule has 2 heterocycles. The Morgan fingerprint density at radius 2 is 2.05 bits per heavy atom. The molecule has 1 aromatic carbocycles. The maximum atomic E-state index is 11.8. The van der Waals surface area contributed by atoms with Gasteiger partial charge in [0.05, 0.1) is 12.7 Å². The third kappa shape index (κ3) is 3.18. The van der Waals surface area contributed by atoms with Crippen LogP contribution in [0.2, 0.25) is 0 Å². The zero-order chi connectivity index (χ0) is 14.7. The molecule has 6 nitrogen and oxygen atoms in total. The Bertz CT molecular complexity index is 491. The molecule has 1 atom stereocenters. The van der Waals surface area contributed by atoms with Gasteiger partial charge < -0.3 is 24.6 Å². The van der Waals surface area contributed by atoms with Crippen LogP contribution in [0.5, 0.6) is 0 Å². The molecule has 1 unspecified atom stereocenters. The maximum Gasteiger partial charge on any atom is 0.253 e. The molecule has 2 fully saturated rings. The molecule has 0 spiro atoms. The summed E-state index contributed by atoms with van der Waals surface area (Å²) >= 11 is 0. The molecule has 0 radical (unpaired) electrons. The molecule has 114 valence electrons. The van der Waals surface area contributed by atoms with Crippen LogP contribution in [-0.4, -0.2) is 58.6 Å². The molecule has 21 heavy (non-hydrogen) atoms. The van der Waals surface area contributed by atoms with E-state index >= 15 is 0 Å². The van der Waals surface area contributed by atoms with Gasteiger partial charge in [0, 0.05) is 31.0 Å². The number of anilines is 2. The molecule has 0 saturated carbocycles. The number of carbonyl (C=O) groups excluding carboxylic acids is 1. The van der Waals surface area contributed by atoms with E-state index in [0.29, 0.717) is 19.9 Å². The Morgan fingerprint density at radius 3 is 2.76 bits per heavy atom. The molecule has 0 bridgehead atoms. The Morgan fingerprint density at radius 1 is 1.29 bits per heavy atom. The van der Waals surface area contributed by atoms with Crippen LogP contribution in [0.15, 0.2) is 24.3 Å². The van der Waals surface area contributed by atoms with Gasteiger partial charge in [-0.05, 0) is 31.3 Å². The van der Waals surface area contributed by atoms with E-state index in [9.17, 15) is 4.79 Å². The molecular weight excluding hydrogens is 270 g/mol. The van der Waals surface area contributed by atoms with E-state index in [1.54, 1.807) is 4.90 Å². The van der Waals surface area contributed by atoms with Crippen LogP contribution in [0.4, 0.5) is 11.4 Å². The van der Waals surface area contributed by atoms with Gasteiger partial charge in [0.15, 0.2) is 0 Å². The summed E-state index contributed by atoms with van der Waals surface area (Å²) in [7, 11) is 1.93. The van der Waals surface area contributed by atoms with E-state index in [2.05, 4.69) is 10.2 Å². The number of hydrogen-bond acceptors (Lipinski definition) is 5. The van der Waals surface area contributed by atoms with E-state index in [4.69, 9.17) is 9.47 Å². The highest BCUT2D eigenvalue weighted by atomic mass is 16.5. The summed E-state index contributed by atoms with van der Waals surface area (Å²) in [5.41, 5.74) is 2.05. The zero-order valence-electron chi connectivity index (χ0n) is 12.2. The van der Waals surface area contributed by atoms with Gasteiger partial charge in [-0.25, -0.2) is 0 Å². The van der Waals surface area contributed by atoms with Crippen molar-refractivity contribution in [3.8, 4) is 0 Å². The molecule has 2 aliphatic heterocycles. The van der Waals surface area contributed by atoms with Crippen molar-refractivity contribution < 1.29 is 14.3 Å². The smallest absolute Gasteiger partial charge is 0.253 e. The fourth-order valence-electron chi connectivity index (χ4n) is 2.71. The fraction of sp³-hybridized carbons (Fsp3) is 0.533. The summed E-state index contributed by atoms with van der Waals surface area (Å²) in [6, 6.07) is 8.07. The average molecular weight is 291 g/mol. The minimum absolute atomic E-state index is 0.0209.